The Labute approximate surface area is 132 Å². The van der Waals surface area contributed by atoms with E-state index in [1.54, 1.807) is 0 Å². The molecule has 0 saturated carbocycles. The molecule has 0 atom stereocenters. The standard InChI is InChI=1S/C20H24N2/c1-21-13-14-22-12-6-11-20-18-9-4-2-7-16(18)15-17-8-3-5-10-19(17)20/h2-5,7-10,15,21-22H,6,11-14H2,1H3. The van der Waals surface area contributed by atoms with Crippen LogP contribution in [0.2, 0.25) is 0 Å². The van der Waals surface area contributed by atoms with Crippen LogP contribution in [0.25, 0.3) is 21.5 Å². The van der Waals surface area contributed by atoms with Crippen LogP contribution in [-0.4, -0.2) is 26.7 Å². The topological polar surface area (TPSA) is 24.1 Å². The third-order valence-corrected chi connectivity index (χ3v) is 4.21. The number of benzene rings is 3. The van der Waals surface area contributed by atoms with Crippen molar-refractivity contribution in [2.75, 3.05) is 26.7 Å². The van der Waals surface area contributed by atoms with Crippen molar-refractivity contribution in [1.29, 1.82) is 0 Å². The predicted molar refractivity (Wildman–Crippen MR) is 96.6 cm³/mol. The lowest BCUT2D eigenvalue weighted by atomic mass is 9.94. The lowest BCUT2D eigenvalue weighted by molar-refractivity contribution is 0.626. The van der Waals surface area contributed by atoms with E-state index in [2.05, 4.69) is 65.2 Å². The number of hydrogen-bond donors (Lipinski definition) is 2. The van der Waals surface area contributed by atoms with Crippen molar-refractivity contribution < 1.29 is 0 Å². The largest absolute Gasteiger partial charge is 0.318 e. The third-order valence-electron chi connectivity index (χ3n) is 4.21. The zero-order valence-corrected chi connectivity index (χ0v) is 13.2. The van der Waals surface area contributed by atoms with Crippen LogP contribution in [0.1, 0.15) is 12.0 Å². The van der Waals surface area contributed by atoms with Gasteiger partial charge in [-0.2, -0.15) is 0 Å². The predicted octanol–water partition coefficient (Wildman–Crippen LogP) is 3.73. The van der Waals surface area contributed by atoms with Crippen LogP contribution in [0.3, 0.4) is 0 Å². The fourth-order valence-electron chi connectivity index (χ4n) is 3.11. The van der Waals surface area contributed by atoms with Crippen LogP contribution >= 0.6 is 0 Å². The zero-order chi connectivity index (χ0) is 15.2. The van der Waals surface area contributed by atoms with E-state index in [1.165, 1.54) is 33.5 Å². The summed E-state index contributed by atoms with van der Waals surface area (Å²) in [5.74, 6) is 0. The fourth-order valence-corrected chi connectivity index (χ4v) is 3.11. The molecule has 0 spiro atoms. The van der Waals surface area contributed by atoms with Crippen molar-refractivity contribution in [3.8, 4) is 0 Å². The molecule has 22 heavy (non-hydrogen) atoms. The van der Waals surface area contributed by atoms with Crippen molar-refractivity contribution in [3.63, 3.8) is 0 Å². The van der Waals surface area contributed by atoms with E-state index in [4.69, 9.17) is 0 Å². The van der Waals surface area contributed by atoms with Crippen molar-refractivity contribution >= 4 is 21.5 Å². The summed E-state index contributed by atoms with van der Waals surface area (Å²) in [6.07, 6.45) is 2.29. The van der Waals surface area contributed by atoms with Gasteiger partial charge in [0.2, 0.25) is 0 Å². The first-order valence-corrected chi connectivity index (χ1v) is 8.15. The highest BCUT2D eigenvalue weighted by molar-refractivity contribution is 6.02. The van der Waals surface area contributed by atoms with Gasteiger partial charge in [0.1, 0.15) is 0 Å². The van der Waals surface area contributed by atoms with Crippen molar-refractivity contribution in [1.82, 2.24) is 10.6 Å². The summed E-state index contributed by atoms with van der Waals surface area (Å²) in [5.41, 5.74) is 1.49. The summed E-state index contributed by atoms with van der Waals surface area (Å²) < 4.78 is 0. The minimum absolute atomic E-state index is 1.02. The first kappa shape index (κ1) is 15.0. The van der Waals surface area contributed by atoms with Crippen LogP contribution in [0.4, 0.5) is 0 Å². The van der Waals surface area contributed by atoms with E-state index < -0.39 is 0 Å². The van der Waals surface area contributed by atoms with Gasteiger partial charge in [-0.3, -0.25) is 0 Å². The Morgan fingerprint density at radius 2 is 1.41 bits per heavy atom. The molecular formula is C20H24N2. The first-order chi connectivity index (χ1) is 10.9. The molecule has 0 radical (unpaired) electrons. The minimum atomic E-state index is 1.02. The Balaban J connectivity index is 1.85. The van der Waals surface area contributed by atoms with Gasteiger partial charge in [-0.1, -0.05) is 48.5 Å². The van der Waals surface area contributed by atoms with Gasteiger partial charge < -0.3 is 10.6 Å². The summed E-state index contributed by atoms with van der Waals surface area (Å²) in [5, 5.41) is 12.1. The number of likely N-dealkylation sites (N-methyl/N-ethyl adjacent to an activating group) is 1. The molecule has 0 aliphatic heterocycles. The Morgan fingerprint density at radius 1 is 0.773 bits per heavy atom. The van der Waals surface area contributed by atoms with Crippen molar-refractivity contribution in [2.24, 2.45) is 0 Å². The van der Waals surface area contributed by atoms with E-state index in [-0.39, 0.29) is 0 Å². The molecule has 3 rings (SSSR count). The highest BCUT2D eigenvalue weighted by atomic mass is 14.9. The van der Waals surface area contributed by atoms with Gasteiger partial charge in [-0.05, 0) is 59.6 Å². The number of rotatable bonds is 7. The second-order valence-corrected chi connectivity index (χ2v) is 5.75. The Bertz CT molecular complexity index is 695. The molecule has 0 unspecified atom stereocenters. The van der Waals surface area contributed by atoms with Crippen LogP contribution in [0, 0.1) is 0 Å². The summed E-state index contributed by atoms with van der Waals surface area (Å²) in [4.78, 5) is 0. The lowest BCUT2D eigenvalue weighted by Crippen LogP contribution is -2.25. The second-order valence-electron chi connectivity index (χ2n) is 5.75. The van der Waals surface area contributed by atoms with E-state index in [0.717, 1.165) is 26.1 Å². The monoisotopic (exact) mass is 292 g/mol. The van der Waals surface area contributed by atoms with Crippen LogP contribution in [0.15, 0.2) is 54.6 Å². The molecular weight excluding hydrogens is 268 g/mol. The van der Waals surface area contributed by atoms with E-state index in [0.29, 0.717) is 0 Å². The Morgan fingerprint density at radius 3 is 2.05 bits per heavy atom. The van der Waals surface area contributed by atoms with Gasteiger partial charge >= 0.3 is 0 Å². The smallest absolute Gasteiger partial charge is 0.00766 e. The maximum Gasteiger partial charge on any atom is 0.00766 e. The van der Waals surface area contributed by atoms with Gasteiger partial charge in [0.05, 0.1) is 0 Å². The summed E-state index contributed by atoms with van der Waals surface area (Å²) in [6.45, 7) is 3.13. The fraction of sp³-hybridized carbons (Fsp3) is 0.300. The molecule has 0 fully saturated rings. The number of fused-ring (bicyclic) bond motifs is 2. The van der Waals surface area contributed by atoms with E-state index in [9.17, 15) is 0 Å². The molecule has 0 aliphatic rings. The zero-order valence-electron chi connectivity index (χ0n) is 13.2. The highest BCUT2D eigenvalue weighted by Crippen LogP contribution is 2.29. The third kappa shape index (κ3) is 3.29. The number of aryl methyl sites for hydroxylation is 1. The summed E-state index contributed by atoms with van der Waals surface area (Å²) >= 11 is 0. The number of nitrogens with one attached hydrogen (secondary N) is 2. The van der Waals surface area contributed by atoms with Gasteiger partial charge in [0.25, 0.3) is 0 Å². The second kappa shape index (κ2) is 7.39. The maximum atomic E-state index is 3.49. The molecule has 0 heterocycles. The van der Waals surface area contributed by atoms with Crippen molar-refractivity contribution in [2.45, 2.75) is 12.8 Å². The lowest BCUT2D eigenvalue weighted by Gasteiger charge is -2.12. The molecule has 0 saturated heterocycles. The highest BCUT2D eigenvalue weighted by Gasteiger charge is 2.06. The van der Waals surface area contributed by atoms with E-state index >= 15 is 0 Å². The molecule has 3 aromatic carbocycles. The molecule has 0 aromatic heterocycles. The summed E-state index contributed by atoms with van der Waals surface area (Å²) in [7, 11) is 1.99. The quantitative estimate of drug-likeness (QED) is 0.512. The number of hydrogen-bond acceptors (Lipinski definition) is 2. The van der Waals surface area contributed by atoms with Gasteiger partial charge in [-0.15, -0.1) is 0 Å². The molecule has 0 amide bonds. The molecule has 2 nitrogen and oxygen atoms in total. The van der Waals surface area contributed by atoms with E-state index in [1.807, 2.05) is 7.05 Å². The van der Waals surface area contributed by atoms with Crippen LogP contribution in [0.5, 0.6) is 0 Å². The van der Waals surface area contributed by atoms with Gasteiger partial charge in [-0.25, -0.2) is 0 Å². The normalized spacial score (nSPS) is 11.3. The van der Waals surface area contributed by atoms with Crippen LogP contribution in [-0.2, 0) is 6.42 Å². The molecule has 2 heteroatoms. The molecule has 114 valence electrons. The average Bonchev–Trinajstić information content (AvgIpc) is 2.57. The summed E-state index contributed by atoms with van der Waals surface area (Å²) in [6, 6.07) is 19.8. The van der Waals surface area contributed by atoms with Crippen LogP contribution < -0.4 is 10.6 Å². The Hall–Kier alpha value is -1.90. The maximum absolute atomic E-state index is 3.49. The van der Waals surface area contributed by atoms with Gasteiger partial charge in [0.15, 0.2) is 0 Å². The van der Waals surface area contributed by atoms with Gasteiger partial charge in [0, 0.05) is 13.1 Å². The SMILES string of the molecule is CNCCNCCCc1c2ccccc2cc2ccccc12. The molecule has 3 aromatic rings. The molecule has 2 N–H and O–H groups in total. The Kier molecular flexibility index (Phi) is 5.04. The average molecular weight is 292 g/mol. The molecule has 0 aliphatic carbocycles. The minimum Gasteiger partial charge on any atom is -0.318 e. The molecule has 0 bridgehead atoms. The first-order valence-electron chi connectivity index (χ1n) is 8.15. The van der Waals surface area contributed by atoms with Crippen molar-refractivity contribution in [3.05, 3.63) is 60.2 Å².